The lowest BCUT2D eigenvalue weighted by molar-refractivity contribution is 0.122. The van der Waals surface area contributed by atoms with E-state index in [1.165, 1.54) is 0 Å². The largest absolute Gasteiger partial charge is 0.496 e. The zero-order valence-electron chi connectivity index (χ0n) is 17.1. The first-order chi connectivity index (χ1) is 13.8. The molecule has 0 bridgehead atoms. The van der Waals surface area contributed by atoms with Crippen molar-refractivity contribution in [1.29, 1.82) is 0 Å². The second kappa shape index (κ2) is 12.5. The standard InChI is InChI=1S/C21H29N5O2.HI/c1-3-22-21(24-15-17-7-4-5-9-19(17)27-2)25-16-18-8-6-10-23-20(18)26-11-13-28-14-12-26;/h4-10H,3,11-16H2,1-2H3,(H2,22,24,25);1H. The Bertz CT molecular complexity index is 781. The van der Waals surface area contributed by atoms with Crippen molar-refractivity contribution in [2.45, 2.75) is 20.0 Å². The van der Waals surface area contributed by atoms with Crippen LogP contribution in [-0.2, 0) is 17.8 Å². The van der Waals surface area contributed by atoms with Gasteiger partial charge in [-0.15, -0.1) is 24.0 Å². The second-order valence-electron chi connectivity index (χ2n) is 6.45. The number of rotatable bonds is 7. The van der Waals surface area contributed by atoms with E-state index in [4.69, 9.17) is 14.5 Å². The van der Waals surface area contributed by atoms with Gasteiger partial charge in [0, 0.05) is 43.5 Å². The summed E-state index contributed by atoms with van der Waals surface area (Å²) >= 11 is 0. The first kappa shape index (κ1) is 23.2. The van der Waals surface area contributed by atoms with E-state index in [-0.39, 0.29) is 24.0 Å². The third-order valence-corrected chi connectivity index (χ3v) is 4.57. The van der Waals surface area contributed by atoms with Crippen molar-refractivity contribution in [2.75, 3.05) is 44.9 Å². The molecule has 3 rings (SSSR count). The van der Waals surface area contributed by atoms with Crippen LogP contribution >= 0.6 is 24.0 Å². The van der Waals surface area contributed by atoms with E-state index >= 15 is 0 Å². The summed E-state index contributed by atoms with van der Waals surface area (Å²) in [6.45, 7) is 7.27. The number of nitrogens with zero attached hydrogens (tertiary/aromatic N) is 3. The van der Waals surface area contributed by atoms with Crippen molar-refractivity contribution in [3.8, 4) is 5.75 Å². The number of ether oxygens (including phenoxy) is 2. The SMILES string of the molecule is CCNC(=NCc1ccccc1OC)NCc1cccnc1N1CCOCC1.I. The van der Waals surface area contributed by atoms with Crippen molar-refractivity contribution in [1.82, 2.24) is 15.6 Å². The fourth-order valence-electron chi connectivity index (χ4n) is 3.15. The molecule has 0 amide bonds. The summed E-state index contributed by atoms with van der Waals surface area (Å²) in [4.78, 5) is 11.6. The molecule has 2 aromatic rings. The molecule has 0 spiro atoms. The zero-order chi connectivity index (χ0) is 19.6. The Morgan fingerprint density at radius 1 is 1.14 bits per heavy atom. The Kier molecular flexibility index (Phi) is 9.99. The molecule has 8 heteroatoms. The highest BCUT2D eigenvalue weighted by Gasteiger charge is 2.15. The summed E-state index contributed by atoms with van der Waals surface area (Å²) in [5, 5.41) is 6.73. The summed E-state index contributed by atoms with van der Waals surface area (Å²) in [6, 6.07) is 12.0. The normalized spacial score (nSPS) is 14.1. The predicted molar refractivity (Wildman–Crippen MR) is 127 cm³/mol. The number of hydrogen-bond donors (Lipinski definition) is 2. The number of benzene rings is 1. The first-order valence-electron chi connectivity index (χ1n) is 9.72. The lowest BCUT2D eigenvalue weighted by atomic mass is 10.2. The number of para-hydroxylation sites is 1. The quantitative estimate of drug-likeness (QED) is 0.339. The van der Waals surface area contributed by atoms with Crippen molar-refractivity contribution >= 4 is 35.8 Å². The van der Waals surface area contributed by atoms with Gasteiger partial charge in [0.2, 0.25) is 0 Å². The molecule has 158 valence electrons. The van der Waals surface area contributed by atoms with Crippen molar-refractivity contribution < 1.29 is 9.47 Å². The van der Waals surface area contributed by atoms with Gasteiger partial charge in [-0.2, -0.15) is 0 Å². The van der Waals surface area contributed by atoms with Gasteiger partial charge in [0.05, 0.1) is 26.9 Å². The number of anilines is 1. The van der Waals surface area contributed by atoms with Gasteiger partial charge in [0.1, 0.15) is 11.6 Å². The van der Waals surface area contributed by atoms with Crippen LogP contribution < -0.4 is 20.3 Å². The molecule has 2 heterocycles. The molecule has 1 aliphatic heterocycles. The summed E-state index contributed by atoms with van der Waals surface area (Å²) in [5.74, 6) is 2.63. The Labute approximate surface area is 189 Å². The number of halogens is 1. The molecular formula is C21H30IN5O2. The summed E-state index contributed by atoms with van der Waals surface area (Å²) in [7, 11) is 1.68. The molecule has 1 fully saturated rings. The van der Waals surface area contributed by atoms with Crippen LogP contribution in [0.25, 0.3) is 0 Å². The van der Waals surface area contributed by atoms with E-state index in [0.717, 1.165) is 61.5 Å². The van der Waals surface area contributed by atoms with E-state index < -0.39 is 0 Å². The van der Waals surface area contributed by atoms with Gasteiger partial charge in [0.15, 0.2) is 5.96 Å². The molecule has 0 radical (unpaired) electrons. The Morgan fingerprint density at radius 3 is 2.66 bits per heavy atom. The van der Waals surface area contributed by atoms with Crippen molar-refractivity contribution in [2.24, 2.45) is 4.99 Å². The fourth-order valence-corrected chi connectivity index (χ4v) is 3.15. The highest BCUT2D eigenvalue weighted by atomic mass is 127. The van der Waals surface area contributed by atoms with Crippen LogP contribution in [0, 0.1) is 0 Å². The van der Waals surface area contributed by atoms with Gasteiger partial charge >= 0.3 is 0 Å². The van der Waals surface area contributed by atoms with Crippen LogP contribution in [0.3, 0.4) is 0 Å². The zero-order valence-corrected chi connectivity index (χ0v) is 19.4. The van der Waals surface area contributed by atoms with E-state index in [1.54, 1.807) is 7.11 Å². The molecule has 29 heavy (non-hydrogen) atoms. The number of aromatic nitrogens is 1. The van der Waals surface area contributed by atoms with Crippen LogP contribution in [0.15, 0.2) is 47.6 Å². The Hall–Kier alpha value is -2.07. The van der Waals surface area contributed by atoms with Crippen LogP contribution in [0.4, 0.5) is 5.82 Å². The third-order valence-electron chi connectivity index (χ3n) is 4.57. The first-order valence-corrected chi connectivity index (χ1v) is 9.72. The number of pyridine rings is 1. The highest BCUT2D eigenvalue weighted by molar-refractivity contribution is 14.0. The lowest BCUT2D eigenvalue weighted by Crippen LogP contribution is -2.39. The van der Waals surface area contributed by atoms with Gasteiger partial charge in [-0.05, 0) is 19.1 Å². The van der Waals surface area contributed by atoms with E-state index in [9.17, 15) is 0 Å². The molecule has 1 aromatic carbocycles. The Morgan fingerprint density at radius 2 is 1.90 bits per heavy atom. The smallest absolute Gasteiger partial charge is 0.191 e. The molecule has 0 saturated carbocycles. The van der Waals surface area contributed by atoms with Gasteiger partial charge in [-0.25, -0.2) is 9.98 Å². The number of hydrogen-bond acceptors (Lipinski definition) is 5. The maximum absolute atomic E-state index is 5.46. The molecule has 2 N–H and O–H groups in total. The van der Waals surface area contributed by atoms with Crippen LogP contribution in [0.2, 0.25) is 0 Å². The molecule has 1 saturated heterocycles. The average Bonchev–Trinajstić information content (AvgIpc) is 2.76. The molecule has 0 unspecified atom stereocenters. The van der Waals surface area contributed by atoms with Crippen LogP contribution in [0.1, 0.15) is 18.1 Å². The van der Waals surface area contributed by atoms with Gasteiger partial charge in [-0.1, -0.05) is 24.3 Å². The Balaban J connectivity index is 0.00000300. The minimum absolute atomic E-state index is 0. The number of aliphatic imine (C=N–C) groups is 1. The summed E-state index contributed by atoms with van der Waals surface area (Å²) < 4.78 is 10.9. The van der Waals surface area contributed by atoms with Gasteiger partial charge in [-0.3, -0.25) is 0 Å². The number of nitrogens with one attached hydrogen (secondary N) is 2. The number of methoxy groups -OCH3 is 1. The maximum Gasteiger partial charge on any atom is 0.191 e. The topological polar surface area (TPSA) is 71.0 Å². The molecule has 0 atom stereocenters. The number of morpholine rings is 1. The van der Waals surface area contributed by atoms with E-state index in [0.29, 0.717) is 13.1 Å². The van der Waals surface area contributed by atoms with Crippen molar-refractivity contribution in [3.63, 3.8) is 0 Å². The van der Waals surface area contributed by atoms with Gasteiger partial charge in [0.25, 0.3) is 0 Å². The van der Waals surface area contributed by atoms with E-state index in [1.807, 2.05) is 36.5 Å². The van der Waals surface area contributed by atoms with Gasteiger partial charge < -0.3 is 25.0 Å². The highest BCUT2D eigenvalue weighted by Crippen LogP contribution is 2.19. The van der Waals surface area contributed by atoms with Crippen molar-refractivity contribution in [3.05, 3.63) is 53.7 Å². The summed E-state index contributed by atoms with van der Waals surface area (Å²) in [5.41, 5.74) is 2.20. The molecule has 1 aliphatic rings. The van der Waals surface area contributed by atoms with Crippen LogP contribution in [0.5, 0.6) is 5.75 Å². The second-order valence-corrected chi connectivity index (χ2v) is 6.45. The minimum Gasteiger partial charge on any atom is -0.496 e. The third kappa shape index (κ3) is 6.74. The summed E-state index contributed by atoms with van der Waals surface area (Å²) in [6.07, 6.45) is 1.84. The molecule has 7 nitrogen and oxygen atoms in total. The lowest BCUT2D eigenvalue weighted by Gasteiger charge is -2.29. The molecule has 0 aliphatic carbocycles. The average molecular weight is 511 g/mol. The monoisotopic (exact) mass is 511 g/mol. The van der Waals surface area contributed by atoms with E-state index in [2.05, 4.69) is 33.5 Å². The maximum atomic E-state index is 5.46. The number of guanidine groups is 1. The van der Waals surface area contributed by atoms with Crippen LogP contribution in [-0.4, -0.2) is 50.9 Å². The fraction of sp³-hybridized carbons (Fsp3) is 0.429. The molecular weight excluding hydrogens is 481 g/mol. The predicted octanol–water partition coefficient (Wildman–Crippen LogP) is 2.80. The minimum atomic E-state index is 0. The molecule has 1 aromatic heterocycles.